The normalized spacial score (nSPS) is 21.8. The van der Waals surface area contributed by atoms with Gasteiger partial charge in [-0.1, -0.05) is 6.07 Å². The summed E-state index contributed by atoms with van der Waals surface area (Å²) in [5.41, 5.74) is 1.53. The number of pyridine rings is 1. The van der Waals surface area contributed by atoms with Crippen LogP contribution in [0, 0.1) is 0 Å². The standard InChI is InChI=1S/C23H26N4O3/c28-23(17-8-10-19(11-9-17)30-16-20-6-4-14-29-20)26-12-3-5-18(15-26)22-25-24-21-7-1-2-13-27(21)22/h1-2,7-11,13,18,20H,3-6,12,14-16H2/t18-,20+/m0/s1. The smallest absolute Gasteiger partial charge is 0.253 e. The Morgan fingerprint density at radius 1 is 1.10 bits per heavy atom. The fourth-order valence-electron chi connectivity index (χ4n) is 4.35. The van der Waals surface area contributed by atoms with E-state index in [1.165, 1.54) is 0 Å². The number of ether oxygens (including phenoxy) is 2. The Labute approximate surface area is 175 Å². The number of carbonyl (C=O) groups excluding carboxylic acids is 1. The lowest BCUT2D eigenvalue weighted by Gasteiger charge is -2.32. The molecular formula is C23H26N4O3. The van der Waals surface area contributed by atoms with Crippen molar-refractivity contribution in [3.05, 3.63) is 60.0 Å². The molecule has 2 fully saturated rings. The van der Waals surface area contributed by atoms with Gasteiger partial charge in [0.15, 0.2) is 5.65 Å². The third-order valence-corrected chi connectivity index (χ3v) is 5.97. The maximum atomic E-state index is 13.1. The SMILES string of the molecule is O=C(c1ccc(OC[C@H]2CCCO2)cc1)N1CCC[C@H](c2nnc3ccccn23)C1. The van der Waals surface area contributed by atoms with E-state index in [-0.39, 0.29) is 17.9 Å². The minimum atomic E-state index is 0.0548. The molecule has 2 aliphatic rings. The van der Waals surface area contributed by atoms with Crippen LogP contribution in [-0.2, 0) is 4.74 Å². The van der Waals surface area contributed by atoms with Crippen molar-refractivity contribution in [2.45, 2.75) is 37.7 Å². The van der Waals surface area contributed by atoms with Gasteiger partial charge in [-0.05, 0) is 62.1 Å². The Hall–Kier alpha value is -2.93. The predicted molar refractivity (Wildman–Crippen MR) is 112 cm³/mol. The minimum Gasteiger partial charge on any atom is -0.491 e. The number of nitrogens with zero attached hydrogens (tertiary/aromatic N) is 4. The molecule has 4 heterocycles. The number of aromatic nitrogens is 3. The van der Waals surface area contributed by atoms with Gasteiger partial charge in [0.05, 0.1) is 6.10 Å². The average molecular weight is 406 g/mol. The quantitative estimate of drug-likeness (QED) is 0.650. The van der Waals surface area contributed by atoms with Crippen LogP contribution in [0.5, 0.6) is 5.75 Å². The molecule has 30 heavy (non-hydrogen) atoms. The molecule has 0 unspecified atom stereocenters. The van der Waals surface area contributed by atoms with Gasteiger partial charge in [-0.3, -0.25) is 9.20 Å². The van der Waals surface area contributed by atoms with Gasteiger partial charge in [0, 0.05) is 37.4 Å². The van der Waals surface area contributed by atoms with E-state index in [4.69, 9.17) is 9.47 Å². The Morgan fingerprint density at radius 2 is 2.00 bits per heavy atom. The molecule has 1 amide bonds. The van der Waals surface area contributed by atoms with Crippen molar-refractivity contribution in [3.63, 3.8) is 0 Å². The van der Waals surface area contributed by atoms with Crippen molar-refractivity contribution in [1.29, 1.82) is 0 Å². The molecule has 0 radical (unpaired) electrons. The molecule has 156 valence electrons. The van der Waals surface area contributed by atoms with E-state index in [2.05, 4.69) is 10.2 Å². The first-order chi connectivity index (χ1) is 14.8. The van der Waals surface area contributed by atoms with Crippen LogP contribution in [0.3, 0.4) is 0 Å². The first-order valence-electron chi connectivity index (χ1n) is 10.7. The Kier molecular flexibility index (Phi) is 5.36. The van der Waals surface area contributed by atoms with E-state index in [0.29, 0.717) is 18.7 Å². The topological polar surface area (TPSA) is 69.0 Å². The third kappa shape index (κ3) is 3.89. The lowest BCUT2D eigenvalue weighted by molar-refractivity contribution is 0.0676. The highest BCUT2D eigenvalue weighted by molar-refractivity contribution is 5.94. The summed E-state index contributed by atoms with van der Waals surface area (Å²) in [6, 6.07) is 13.3. The summed E-state index contributed by atoms with van der Waals surface area (Å²) in [5, 5.41) is 8.66. The van der Waals surface area contributed by atoms with Crippen molar-refractivity contribution in [1.82, 2.24) is 19.5 Å². The van der Waals surface area contributed by atoms with Crippen LogP contribution in [0.2, 0.25) is 0 Å². The molecule has 5 rings (SSSR count). The fraction of sp³-hybridized carbons (Fsp3) is 0.435. The number of likely N-dealkylation sites (tertiary alicyclic amines) is 1. The molecule has 0 aliphatic carbocycles. The largest absolute Gasteiger partial charge is 0.491 e. The van der Waals surface area contributed by atoms with Gasteiger partial charge in [-0.2, -0.15) is 0 Å². The van der Waals surface area contributed by atoms with E-state index in [1.54, 1.807) is 0 Å². The molecular weight excluding hydrogens is 380 g/mol. The Bertz CT molecular complexity index is 1010. The summed E-state index contributed by atoms with van der Waals surface area (Å²) in [4.78, 5) is 15.0. The van der Waals surface area contributed by atoms with E-state index >= 15 is 0 Å². The van der Waals surface area contributed by atoms with Crippen LogP contribution in [0.4, 0.5) is 0 Å². The highest BCUT2D eigenvalue weighted by Crippen LogP contribution is 2.27. The molecule has 0 saturated carbocycles. The second kappa shape index (κ2) is 8.44. The second-order valence-electron chi connectivity index (χ2n) is 8.05. The first kappa shape index (κ1) is 19.1. The molecule has 2 aliphatic heterocycles. The first-order valence-corrected chi connectivity index (χ1v) is 10.7. The van der Waals surface area contributed by atoms with Crippen LogP contribution < -0.4 is 4.74 Å². The van der Waals surface area contributed by atoms with Gasteiger partial charge in [-0.15, -0.1) is 10.2 Å². The summed E-state index contributed by atoms with van der Waals surface area (Å²) in [6.45, 7) is 2.81. The third-order valence-electron chi connectivity index (χ3n) is 5.97. The van der Waals surface area contributed by atoms with Gasteiger partial charge < -0.3 is 14.4 Å². The molecule has 7 nitrogen and oxygen atoms in total. The average Bonchev–Trinajstić information content (AvgIpc) is 3.48. The second-order valence-corrected chi connectivity index (χ2v) is 8.05. The zero-order valence-electron chi connectivity index (χ0n) is 16.9. The highest BCUT2D eigenvalue weighted by Gasteiger charge is 2.28. The number of hydrogen-bond donors (Lipinski definition) is 0. The van der Waals surface area contributed by atoms with Crippen molar-refractivity contribution < 1.29 is 14.3 Å². The molecule has 0 spiro atoms. The van der Waals surface area contributed by atoms with Gasteiger partial charge in [-0.25, -0.2) is 0 Å². The zero-order valence-corrected chi connectivity index (χ0v) is 16.9. The summed E-state index contributed by atoms with van der Waals surface area (Å²) in [6.07, 6.45) is 6.29. The molecule has 3 aromatic rings. The Balaban J connectivity index is 1.24. The molecule has 1 aromatic carbocycles. The summed E-state index contributed by atoms with van der Waals surface area (Å²) in [7, 11) is 0. The molecule has 0 N–H and O–H groups in total. The number of carbonyl (C=O) groups is 1. The van der Waals surface area contributed by atoms with Crippen LogP contribution >= 0.6 is 0 Å². The number of piperidine rings is 1. The van der Waals surface area contributed by atoms with Gasteiger partial charge >= 0.3 is 0 Å². The Morgan fingerprint density at radius 3 is 2.83 bits per heavy atom. The highest BCUT2D eigenvalue weighted by atomic mass is 16.5. The molecule has 2 atom stereocenters. The van der Waals surface area contributed by atoms with Crippen molar-refractivity contribution in [2.24, 2.45) is 0 Å². The molecule has 0 bridgehead atoms. The van der Waals surface area contributed by atoms with Gasteiger partial charge in [0.25, 0.3) is 5.91 Å². The van der Waals surface area contributed by atoms with Gasteiger partial charge in [0.2, 0.25) is 0 Å². The van der Waals surface area contributed by atoms with Crippen molar-refractivity contribution in [3.8, 4) is 5.75 Å². The number of fused-ring (bicyclic) bond motifs is 1. The fourth-order valence-corrected chi connectivity index (χ4v) is 4.35. The lowest BCUT2D eigenvalue weighted by atomic mass is 9.96. The minimum absolute atomic E-state index is 0.0548. The molecule has 2 saturated heterocycles. The number of rotatable bonds is 5. The van der Waals surface area contributed by atoms with Crippen LogP contribution in [0.15, 0.2) is 48.7 Å². The number of hydrogen-bond acceptors (Lipinski definition) is 5. The van der Waals surface area contributed by atoms with E-state index < -0.39 is 0 Å². The molecule has 2 aromatic heterocycles. The number of benzene rings is 1. The van der Waals surface area contributed by atoms with E-state index in [0.717, 1.165) is 56.1 Å². The monoisotopic (exact) mass is 406 g/mol. The zero-order chi connectivity index (χ0) is 20.3. The number of amides is 1. The summed E-state index contributed by atoms with van der Waals surface area (Å²) >= 11 is 0. The maximum absolute atomic E-state index is 13.1. The maximum Gasteiger partial charge on any atom is 0.253 e. The van der Waals surface area contributed by atoms with Crippen molar-refractivity contribution >= 4 is 11.6 Å². The summed E-state index contributed by atoms with van der Waals surface area (Å²) < 4.78 is 13.4. The van der Waals surface area contributed by atoms with Crippen LogP contribution in [0.25, 0.3) is 5.65 Å². The van der Waals surface area contributed by atoms with Gasteiger partial charge in [0.1, 0.15) is 18.2 Å². The predicted octanol–water partition coefficient (Wildman–Crippen LogP) is 3.31. The van der Waals surface area contributed by atoms with Crippen LogP contribution in [-0.4, -0.2) is 57.8 Å². The molecule has 7 heteroatoms. The van der Waals surface area contributed by atoms with E-state index in [9.17, 15) is 4.79 Å². The summed E-state index contributed by atoms with van der Waals surface area (Å²) in [5.74, 6) is 1.95. The van der Waals surface area contributed by atoms with Crippen molar-refractivity contribution in [2.75, 3.05) is 26.3 Å². The van der Waals surface area contributed by atoms with Crippen LogP contribution in [0.1, 0.15) is 47.8 Å². The van der Waals surface area contributed by atoms with E-state index in [1.807, 2.05) is 58.0 Å². The lowest BCUT2D eigenvalue weighted by Crippen LogP contribution is -2.39.